The molecule has 0 unspecified atom stereocenters. The van der Waals surface area contributed by atoms with E-state index in [4.69, 9.17) is 4.74 Å². The molecule has 3 amide bonds. The fourth-order valence-electron chi connectivity index (χ4n) is 3.68. The number of ether oxygens (including phenoxy) is 2. The molecule has 13 nitrogen and oxygen atoms in total. The quantitative estimate of drug-likeness (QED) is 0.290. The fourth-order valence-corrected chi connectivity index (χ4v) is 3.68. The lowest BCUT2D eigenvalue weighted by Crippen LogP contribution is -2.56. The van der Waals surface area contributed by atoms with Crippen LogP contribution in [0.1, 0.15) is 48.2 Å². The van der Waals surface area contributed by atoms with Crippen LogP contribution in [0.4, 0.5) is 26.7 Å². The minimum absolute atomic E-state index is 0.0770. The second kappa shape index (κ2) is 16.6. The minimum Gasteiger partial charge on any atom is -0.388 e. The first kappa shape index (κ1) is 38.7. The Kier molecular flexibility index (Phi) is 14.3. The van der Waals surface area contributed by atoms with Crippen LogP contribution in [-0.2, 0) is 22.4 Å². The maximum absolute atomic E-state index is 13.5. The van der Waals surface area contributed by atoms with E-state index in [0.29, 0.717) is 22.6 Å². The summed E-state index contributed by atoms with van der Waals surface area (Å²) in [5, 5.41) is 15.5. The number of carbonyl (C=O) groups excluding carboxylic acids is 2. The molecule has 0 aliphatic carbocycles. The number of carbonyl (C=O) groups is 2. The Hall–Kier alpha value is -4.37. The van der Waals surface area contributed by atoms with E-state index < -0.39 is 42.9 Å². The SMILES string of the molecule is C#C.CNC(=O)c1nonc1C.COC.C[C@@H](Cc1cn2ncc(CN3CC(F)(F)CNC3=O)cc2n1)OC(C)(C)C(F)(F)F. The lowest BCUT2D eigenvalue weighted by molar-refractivity contribution is -0.274. The summed E-state index contributed by atoms with van der Waals surface area (Å²) in [6, 6.07) is 0.991. The zero-order valence-corrected chi connectivity index (χ0v) is 25.9. The van der Waals surface area contributed by atoms with Crippen LogP contribution < -0.4 is 10.6 Å². The number of nitrogens with zero attached hydrogens (tertiary/aromatic N) is 6. The van der Waals surface area contributed by atoms with Gasteiger partial charge in [0.2, 0.25) is 0 Å². The molecule has 0 aromatic carbocycles. The van der Waals surface area contributed by atoms with Crippen LogP contribution in [0, 0.1) is 19.8 Å². The summed E-state index contributed by atoms with van der Waals surface area (Å²) in [5.74, 6) is -3.30. The first-order chi connectivity index (χ1) is 20.9. The Balaban J connectivity index is 0.000000560. The van der Waals surface area contributed by atoms with Gasteiger partial charge >= 0.3 is 12.2 Å². The van der Waals surface area contributed by atoms with E-state index >= 15 is 0 Å². The number of urea groups is 1. The summed E-state index contributed by atoms with van der Waals surface area (Å²) in [7, 11) is 4.77. The fraction of sp³-hybridized carbons (Fsp3) is 0.556. The van der Waals surface area contributed by atoms with Gasteiger partial charge in [-0.2, -0.15) is 18.3 Å². The number of hydrogen-bond donors (Lipinski definition) is 2. The van der Waals surface area contributed by atoms with Crippen molar-refractivity contribution in [3.8, 4) is 12.8 Å². The summed E-state index contributed by atoms with van der Waals surface area (Å²) in [6.07, 6.45) is 5.84. The molecule has 0 radical (unpaired) electrons. The van der Waals surface area contributed by atoms with Crippen LogP contribution in [-0.4, -0.2) is 99.9 Å². The number of halogens is 5. The molecule has 4 heterocycles. The number of methoxy groups -OCH3 is 1. The largest absolute Gasteiger partial charge is 0.416 e. The molecule has 1 aliphatic rings. The third kappa shape index (κ3) is 11.6. The summed E-state index contributed by atoms with van der Waals surface area (Å²) in [4.78, 5) is 27.9. The van der Waals surface area contributed by atoms with Gasteiger partial charge in [0.15, 0.2) is 16.9 Å². The number of amides is 3. The third-order valence-corrected chi connectivity index (χ3v) is 5.78. The van der Waals surface area contributed by atoms with E-state index in [9.17, 15) is 31.5 Å². The van der Waals surface area contributed by atoms with Gasteiger partial charge in [0.25, 0.3) is 11.8 Å². The molecule has 2 N–H and O–H groups in total. The molecule has 1 aliphatic heterocycles. The second-order valence-corrected chi connectivity index (χ2v) is 10.1. The molecule has 3 aromatic rings. The second-order valence-electron chi connectivity index (χ2n) is 10.1. The predicted molar refractivity (Wildman–Crippen MR) is 151 cm³/mol. The minimum atomic E-state index is -4.51. The van der Waals surface area contributed by atoms with E-state index in [1.807, 2.05) is 0 Å². The smallest absolute Gasteiger partial charge is 0.388 e. The molecule has 1 saturated heterocycles. The van der Waals surface area contributed by atoms with Crippen molar-refractivity contribution in [2.75, 3.05) is 34.4 Å². The summed E-state index contributed by atoms with van der Waals surface area (Å²) < 4.78 is 81.1. The Morgan fingerprint density at radius 3 is 2.40 bits per heavy atom. The third-order valence-electron chi connectivity index (χ3n) is 5.78. The van der Waals surface area contributed by atoms with Gasteiger partial charge in [-0.25, -0.2) is 27.7 Å². The van der Waals surface area contributed by atoms with Gasteiger partial charge in [0.05, 0.1) is 37.3 Å². The Morgan fingerprint density at radius 1 is 1.24 bits per heavy atom. The molecule has 18 heteroatoms. The first-order valence-corrected chi connectivity index (χ1v) is 13.2. The number of imidazole rings is 1. The van der Waals surface area contributed by atoms with Gasteiger partial charge in [-0.3, -0.25) is 4.79 Å². The van der Waals surface area contributed by atoms with Gasteiger partial charge < -0.3 is 25.0 Å². The lowest BCUT2D eigenvalue weighted by Gasteiger charge is -2.32. The molecule has 1 fully saturated rings. The van der Waals surface area contributed by atoms with Crippen molar-refractivity contribution in [1.82, 2.24) is 40.4 Å². The Bertz CT molecular complexity index is 1410. The van der Waals surface area contributed by atoms with E-state index in [0.717, 1.165) is 18.7 Å². The number of aryl methyl sites for hydroxylation is 1. The average Bonchev–Trinajstić information content (AvgIpc) is 3.56. The molecule has 250 valence electrons. The van der Waals surface area contributed by atoms with Crippen molar-refractivity contribution < 1.29 is 45.6 Å². The number of rotatable bonds is 7. The number of nitrogens with one attached hydrogen (secondary N) is 2. The highest BCUT2D eigenvalue weighted by Crippen LogP contribution is 2.34. The number of hydrogen-bond acceptors (Lipinski definition) is 9. The Morgan fingerprint density at radius 2 is 1.87 bits per heavy atom. The zero-order chi connectivity index (χ0) is 34.6. The van der Waals surface area contributed by atoms with E-state index in [1.54, 1.807) is 33.4 Å². The maximum Gasteiger partial charge on any atom is 0.416 e. The van der Waals surface area contributed by atoms with Crippen molar-refractivity contribution in [3.63, 3.8) is 0 Å². The highest BCUT2D eigenvalue weighted by molar-refractivity contribution is 5.92. The van der Waals surface area contributed by atoms with Crippen LogP contribution in [0.3, 0.4) is 0 Å². The van der Waals surface area contributed by atoms with Gasteiger partial charge in [-0.15, -0.1) is 12.8 Å². The van der Waals surface area contributed by atoms with Crippen LogP contribution in [0.5, 0.6) is 0 Å². The van der Waals surface area contributed by atoms with Crippen LogP contribution in [0.25, 0.3) is 5.65 Å². The molecule has 0 saturated carbocycles. The van der Waals surface area contributed by atoms with Crippen LogP contribution in [0.15, 0.2) is 23.1 Å². The predicted octanol–water partition coefficient (Wildman–Crippen LogP) is 3.43. The topological polar surface area (TPSA) is 149 Å². The van der Waals surface area contributed by atoms with E-state index in [1.165, 1.54) is 24.7 Å². The summed E-state index contributed by atoms with van der Waals surface area (Å²) in [6.45, 7) is 3.61. The number of aromatic nitrogens is 5. The van der Waals surface area contributed by atoms with Gasteiger partial charge in [-0.05, 0) is 44.5 Å². The van der Waals surface area contributed by atoms with Crippen molar-refractivity contribution in [2.24, 2.45) is 0 Å². The highest BCUT2D eigenvalue weighted by atomic mass is 19.4. The molecule has 1 atom stereocenters. The Labute approximate surface area is 256 Å². The monoisotopic (exact) mass is 648 g/mol. The molecule has 0 bridgehead atoms. The molecular formula is C27H37F5N8O5. The van der Waals surface area contributed by atoms with E-state index in [2.05, 4.69) is 53.2 Å². The standard InChI is InChI=1S/C18H22F5N5O2.C5H7N3O2.C2H6O.C2H2/c1-11(30-16(2,3)18(21,22)23)4-13-8-28-14(26-13)5-12(6-25-28)7-27-10-17(19,20)9-24-15(27)29;1-3-4(5(9)6-2)8-10-7-3;1-3-2;1-2/h5-6,8,11H,4,7,9-10H2,1-3H3,(H,24,29);1-2H3,(H,6,9);1-2H3;1-2H/t11-;;;/m0.../s1. The van der Waals surface area contributed by atoms with Crippen molar-refractivity contribution in [1.29, 1.82) is 0 Å². The van der Waals surface area contributed by atoms with Gasteiger partial charge in [0, 0.05) is 34.2 Å². The van der Waals surface area contributed by atoms with E-state index in [-0.39, 0.29) is 24.6 Å². The molecule has 4 rings (SSSR count). The first-order valence-electron chi connectivity index (χ1n) is 13.2. The van der Waals surface area contributed by atoms with Crippen LogP contribution >= 0.6 is 0 Å². The number of terminal acetylenes is 1. The van der Waals surface area contributed by atoms with Crippen LogP contribution in [0.2, 0.25) is 0 Å². The molecule has 45 heavy (non-hydrogen) atoms. The highest BCUT2D eigenvalue weighted by Gasteiger charge is 2.49. The average molecular weight is 649 g/mol. The zero-order valence-electron chi connectivity index (χ0n) is 25.9. The van der Waals surface area contributed by atoms with Gasteiger partial charge in [0.1, 0.15) is 5.69 Å². The van der Waals surface area contributed by atoms with Crippen molar-refractivity contribution in [2.45, 2.75) is 64.5 Å². The van der Waals surface area contributed by atoms with Crippen molar-refractivity contribution >= 4 is 17.6 Å². The lowest BCUT2D eigenvalue weighted by atomic mass is 10.1. The maximum atomic E-state index is 13.5. The number of fused-ring (bicyclic) bond motifs is 1. The molecule has 0 spiro atoms. The molecular weight excluding hydrogens is 611 g/mol. The van der Waals surface area contributed by atoms with Crippen molar-refractivity contribution in [3.05, 3.63) is 41.1 Å². The molecule has 3 aromatic heterocycles. The summed E-state index contributed by atoms with van der Waals surface area (Å²) >= 11 is 0. The van der Waals surface area contributed by atoms with Gasteiger partial charge in [-0.1, -0.05) is 5.16 Å². The summed E-state index contributed by atoms with van der Waals surface area (Å²) in [5.41, 5.74) is -0.216. The normalized spacial score (nSPS) is 14.9. The number of alkyl halides is 5.